The third kappa shape index (κ3) is 2.88. The van der Waals surface area contributed by atoms with Gasteiger partial charge in [0.1, 0.15) is 5.82 Å². The van der Waals surface area contributed by atoms with Crippen molar-refractivity contribution in [1.82, 2.24) is 15.0 Å². The zero-order valence-electron chi connectivity index (χ0n) is 14.4. The molecule has 0 radical (unpaired) electrons. The Bertz CT molecular complexity index is 1220. The van der Waals surface area contributed by atoms with Crippen LogP contribution < -0.4 is 0 Å². The topological polar surface area (TPSA) is 44.5 Å². The van der Waals surface area contributed by atoms with Gasteiger partial charge in [0.25, 0.3) is 0 Å². The highest BCUT2D eigenvalue weighted by atomic mass is 79.9. The quantitative estimate of drug-likeness (QED) is 0.341. The lowest BCUT2D eigenvalue weighted by Crippen LogP contribution is -1.83. The van der Waals surface area contributed by atoms with Crippen LogP contribution in [0.4, 0.5) is 0 Å². The van der Waals surface area contributed by atoms with Gasteiger partial charge in [-0.1, -0.05) is 76.6 Å². The van der Waals surface area contributed by atoms with E-state index in [1.54, 1.807) is 0 Å². The van der Waals surface area contributed by atoms with Gasteiger partial charge < -0.3 is 9.97 Å². The number of rotatable bonds is 3. The Hall–Kier alpha value is -3.11. The van der Waals surface area contributed by atoms with Crippen molar-refractivity contribution in [1.29, 1.82) is 0 Å². The molecular weight excluding hydrogens is 398 g/mol. The van der Waals surface area contributed by atoms with Crippen molar-refractivity contribution in [2.75, 3.05) is 0 Å². The molecule has 0 atom stereocenters. The number of para-hydroxylation sites is 1. The van der Waals surface area contributed by atoms with Crippen LogP contribution in [-0.4, -0.2) is 15.0 Å². The number of aromatic nitrogens is 3. The first-order valence-corrected chi connectivity index (χ1v) is 9.57. The Kier molecular flexibility index (Phi) is 3.91. The molecule has 0 fully saturated rings. The molecule has 0 bridgehead atoms. The fourth-order valence-corrected chi connectivity index (χ4v) is 3.66. The second-order valence-electron chi connectivity index (χ2n) is 6.43. The summed E-state index contributed by atoms with van der Waals surface area (Å²) < 4.78 is 1.06. The van der Waals surface area contributed by atoms with E-state index in [4.69, 9.17) is 4.98 Å². The first-order valence-electron chi connectivity index (χ1n) is 8.77. The standard InChI is InChI=1S/C23H16BrN3/c24-17-12-10-16(11-13-17)22-21(15-6-2-1-3-7-15)26-23(27-22)19-14-25-20-9-5-4-8-18(19)20/h1-14,25H,(H,26,27). The molecular formula is C23H16BrN3. The van der Waals surface area contributed by atoms with Crippen molar-refractivity contribution < 1.29 is 0 Å². The van der Waals surface area contributed by atoms with Gasteiger partial charge in [-0.05, 0) is 18.2 Å². The molecule has 0 spiro atoms. The Morgan fingerprint density at radius 2 is 1.48 bits per heavy atom. The van der Waals surface area contributed by atoms with E-state index in [1.807, 2.05) is 30.5 Å². The highest BCUT2D eigenvalue weighted by Crippen LogP contribution is 2.35. The normalized spacial score (nSPS) is 11.1. The number of aromatic amines is 2. The predicted octanol–water partition coefficient (Wildman–Crippen LogP) is 6.65. The molecule has 3 aromatic carbocycles. The SMILES string of the molecule is Brc1ccc(-c2[nH]c(-c3c[nH]c4ccccc34)nc2-c2ccccc2)cc1. The molecule has 0 saturated carbocycles. The lowest BCUT2D eigenvalue weighted by Gasteiger charge is -2.03. The summed E-state index contributed by atoms with van der Waals surface area (Å²) >= 11 is 3.52. The van der Waals surface area contributed by atoms with Crippen LogP contribution in [0.1, 0.15) is 0 Å². The number of H-pyrrole nitrogens is 2. The minimum Gasteiger partial charge on any atom is -0.360 e. The van der Waals surface area contributed by atoms with Crippen molar-refractivity contribution in [2.45, 2.75) is 0 Å². The molecule has 2 heterocycles. The van der Waals surface area contributed by atoms with Gasteiger partial charge in [0.2, 0.25) is 0 Å². The van der Waals surface area contributed by atoms with Crippen molar-refractivity contribution in [3.8, 4) is 33.9 Å². The van der Waals surface area contributed by atoms with Gasteiger partial charge in [0.05, 0.1) is 11.4 Å². The lowest BCUT2D eigenvalue weighted by molar-refractivity contribution is 1.31. The van der Waals surface area contributed by atoms with E-state index in [1.165, 1.54) is 0 Å². The first-order chi connectivity index (χ1) is 13.3. The van der Waals surface area contributed by atoms with Crippen molar-refractivity contribution >= 4 is 26.8 Å². The Labute approximate surface area is 165 Å². The van der Waals surface area contributed by atoms with Gasteiger partial charge in [-0.3, -0.25) is 0 Å². The number of benzene rings is 3. The van der Waals surface area contributed by atoms with Crippen molar-refractivity contribution in [3.63, 3.8) is 0 Å². The zero-order chi connectivity index (χ0) is 18.2. The highest BCUT2D eigenvalue weighted by Gasteiger charge is 2.17. The van der Waals surface area contributed by atoms with Gasteiger partial charge in [-0.15, -0.1) is 0 Å². The molecule has 27 heavy (non-hydrogen) atoms. The second-order valence-corrected chi connectivity index (χ2v) is 7.35. The van der Waals surface area contributed by atoms with Crippen LogP contribution in [0.25, 0.3) is 44.8 Å². The first kappa shape index (κ1) is 16.1. The fourth-order valence-electron chi connectivity index (χ4n) is 3.40. The molecule has 0 aliphatic rings. The lowest BCUT2D eigenvalue weighted by atomic mass is 10.1. The molecule has 3 nitrogen and oxygen atoms in total. The van der Waals surface area contributed by atoms with E-state index < -0.39 is 0 Å². The number of nitrogens with one attached hydrogen (secondary N) is 2. The van der Waals surface area contributed by atoms with E-state index in [-0.39, 0.29) is 0 Å². The minimum absolute atomic E-state index is 0.865. The fraction of sp³-hybridized carbons (Fsp3) is 0. The summed E-state index contributed by atoms with van der Waals surface area (Å²) in [5.74, 6) is 0.865. The van der Waals surface area contributed by atoms with Crippen LogP contribution in [0.2, 0.25) is 0 Å². The monoisotopic (exact) mass is 413 g/mol. The summed E-state index contributed by atoms with van der Waals surface area (Å²) in [5, 5.41) is 1.16. The van der Waals surface area contributed by atoms with Crippen molar-refractivity contribution in [3.05, 3.63) is 89.5 Å². The molecule has 5 aromatic rings. The van der Waals surface area contributed by atoms with Gasteiger partial charge in [-0.2, -0.15) is 0 Å². The van der Waals surface area contributed by atoms with E-state index in [9.17, 15) is 0 Å². The Morgan fingerprint density at radius 3 is 2.30 bits per heavy atom. The number of nitrogens with zero attached hydrogens (tertiary/aromatic N) is 1. The molecule has 5 rings (SSSR count). The number of fused-ring (bicyclic) bond motifs is 1. The van der Waals surface area contributed by atoms with Crippen LogP contribution in [0.15, 0.2) is 89.5 Å². The maximum Gasteiger partial charge on any atom is 0.140 e. The summed E-state index contributed by atoms with van der Waals surface area (Å²) in [6, 6.07) is 26.9. The van der Waals surface area contributed by atoms with E-state index in [2.05, 4.69) is 80.5 Å². The van der Waals surface area contributed by atoms with Crippen molar-refractivity contribution in [2.24, 2.45) is 0 Å². The highest BCUT2D eigenvalue weighted by molar-refractivity contribution is 9.10. The van der Waals surface area contributed by atoms with Crippen LogP contribution >= 0.6 is 15.9 Å². The zero-order valence-corrected chi connectivity index (χ0v) is 16.0. The number of hydrogen-bond acceptors (Lipinski definition) is 1. The second kappa shape index (κ2) is 6.56. The molecule has 0 saturated heterocycles. The molecule has 0 unspecified atom stereocenters. The summed E-state index contributed by atoms with van der Waals surface area (Å²) in [4.78, 5) is 11.9. The summed E-state index contributed by atoms with van der Waals surface area (Å²) in [6.45, 7) is 0. The third-order valence-corrected chi connectivity index (χ3v) is 5.26. The van der Waals surface area contributed by atoms with E-state index in [0.717, 1.165) is 49.3 Å². The Morgan fingerprint density at radius 1 is 0.741 bits per heavy atom. The van der Waals surface area contributed by atoms with Crippen LogP contribution in [0.3, 0.4) is 0 Å². The molecule has 0 aliphatic heterocycles. The summed E-state index contributed by atoms with van der Waals surface area (Å²) in [7, 11) is 0. The molecule has 2 N–H and O–H groups in total. The molecule has 2 aromatic heterocycles. The number of hydrogen-bond donors (Lipinski definition) is 2. The Balaban J connectivity index is 1.73. The minimum atomic E-state index is 0.865. The average molecular weight is 414 g/mol. The molecule has 0 amide bonds. The van der Waals surface area contributed by atoms with Gasteiger partial charge in [0.15, 0.2) is 0 Å². The summed E-state index contributed by atoms with van der Waals surface area (Å²) in [5.41, 5.74) is 6.36. The number of imidazole rings is 1. The predicted molar refractivity (Wildman–Crippen MR) is 114 cm³/mol. The average Bonchev–Trinajstić information content (AvgIpc) is 3.33. The third-order valence-electron chi connectivity index (χ3n) is 4.73. The van der Waals surface area contributed by atoms with Gasteiger partial charge >= 0.3 is 0 Å². The number of halogens is 1. The smallest absolute Gasteiger partial charge is 0.140 e. The summed E-state index contributed by atoms with van der Waals surface area (Å²) in [6.07, 6.45) is 2.02. The van der Waals surface area contributed by atoms with E-state index in [0.29, 0.717) is 0 Å². The van der Waals surface area contributed by atoms with Gasteiger partial charge in [-0.25, -0.2) is 4.98 Å². The van der Waals surface area contributed by atoms with Crippen LogP contribution in [-0.2, 0) is 0 Å². The molecule has 0 aliphatic carbocycles. The van der Waals surface area contributed by atoms with Gasteiger partial charge in [0, 0.05) is 38.3 Å². The molecule has 130 valence electrons. The largest absolute Gasteiger partial charge is 0.360 e. The maximum atomic E-state index is 4.98. The van der Waals surface area contributed by atoms with Crippen LogP contribution in [0.5, 0.6) is 0 Å². The van der Waals surface area contributed by atoms with E-state index >= 15 is 0 Å². The maximum absolute atomic E-state index is 4.98. The van der Waals surface area contributed by atoms with Crippen LogP contribution in [0, 0.1) is 0 Å². The molecule has 4 heteroatoms.